The van der Waals surface area contributed by atoms with Crippen molar-refractivity contribution < 1.29 is 9.63 Å². The van der Waals surface area contributed by atoms with Gasteiger partial charge in [0.25, 0.3) is 5.91 Å². The molecular formula is C11H10N2O2. The first-order valence-corrected chi connectivity index (χ1v) is 4.79. The van der Waals surface area contributed by atoms with E-state index in [0.717, 1.165) is 22.2 Å². The maximum absolute atomic E-state index is 11.7. The number of hydroxylamine groups is 1. The molecule has 4 heteroatoms. The van der Waals surface area contributed by atoms with Crippen molar-refractivity contribution in [1.29, 1.82) is 0 Å². The molecule has 4 nitrogen and oxygen atoms in total. The number of hydrogen-bond donors (Lipinski definition) is 2. The molecule has 2 heterocycles. The van der Waals surface area contributed by atoms with Crippen LogP contribution in [0.1, 0.15) is 21.6 Å². The molecule has 0 atom stereocenters. The van der Waals surface area contributed by atoms with Gasteiger partial charge in [-0.1, -0.05) is 6.07 Å². The Labute approximate surface area is 86.2 Å². The maximum atomic E-state index is 11.7. The van der Waals surface area contributed by atoms with E-state index >= 15 is 0 Å². The van der Waals surface area contributed by atoms with Gasteiger partial charge in [0.1, 0.15) is 6.61 Å². The number of amides is 1. The molecule has 15 heavy (non-hydrogen) atoms. The highest BCUT2D eigenvalue weighted by Gasteiger charge is 2.20. The van der Waals surface area contributed by atoms with Gasteiger partial charge in [-0.3, -0.25) is 9.63 Å². The summed E-state index contributed by atoms with van der Waals surface area (Å²) in [6.07, 6.45) is 0. The van der Waals surface area contributed by atoms with Crippen molar-refractivity contribution in [2.75, 3.05) is 0 Å². The van der Waals surface area contributed by atoms with Gasteiger partial charge in [-0.2, -0.15) is 0 Å². The minimum Gasteiger partial charge on any atom is -0.358 e. The second-order valence-electron chi connectivity index (χ2n) is 3.68. The molecule has 0 radical (unpaired) electrons. The molecule has 2 N–H and O–H groups in total. The Balaban J connectivity index is 2.47. The van der Waals surface area contributed by atoms with E-state index in [0.29, 0.717) is 12.2 Å². The first kappa shape index (κ1) is 8.49. The van der Waals surface area contributed by atoms with Crippen molar-refractivity contribution >= 4 is 16.8 Å². The van der Waals surface area contributed by atoms with E-state index < -0.39 is 0 Å². The average Bonchev–Trinajstić information content (AvgIpc) is 2.43. The quantitative estimate of drug-likeness (QED) is 0.682. The Kier molecular flexibility index (Phi) is 1.61. The van der Waals surface area contributed by atoms with Crippen molar-refractivity contribution in [3.05, 3.63) is 35.0 Å². The molecule has 0 unspecified atom stereocenters. The fourth-order valence-corrected chi connectivity index (χ4v) is 2.04. The minimum atomic E-state index is -0.182. The van der Waals surface area contributed by atoms with Gasteiger partial charge in [0.2, 0.25) is 0 Å². The fourth-order valence-electron chi connectivity index (χ4n) is 2.04. The molecule has 76 valence electrons. The third-order valence-corrected chi connectivity index (χ3v) is 2.77. The van der Waals surface area contributed by atoms with Gasteiger partial charge in [-0.25, -0.2) is 5.48 Å². The Morgan fingerprint density at radius 2 is 2.27 bits per heavy atom. The van der Waals surface area contributed by atoms with Crippen molar-refractivity contribution in [3.8, 4) is 0 Å². The van der Waals surface area contributed by atoms with Crippen molar-refractivity contribution in [1.82, 2.24) is 10.5 Å². The van der Waals surface area contributed by atoms with E-state index in [-0.39, 0.29) is 5.91 Å². The van der Waals surface area contributed by atoms with Gasteiger partial charge >= 0.3 is 0 Å². The second kappa shape index (κ2) is 2.84. The normalized spacial score (nSPS) is 15.1. The summed E-state index contributed by atoms with van der Waals surface area (Å²) in [5.41, 5.74) is 6.17. The van der Waals surface area contributed by atoms with Crippen LogP contribution in [0.4, 0.5) is 0 Å². The zero-order chi connectivity index (χ0) is 10.4. The third kappa shape index (κ3) is 1.08. The molecule has 2 aromatic rings. The highest BCUT2D eigenvalue weighted by atomic mass is 16.6. The number of carbonyl (C=O) groups is 1. The molecule has 1 aliphatic heterocycles. The van der Waals surface area contributed by atoms with E-state index in [4.69, 9.17) is 4.84 Å². The van der Waals surface area contributed by atoms with E-state index in [9.17, 15) is 4.79 Å². The number of aromatic amines is 1. The van der Waals surface area contributed by atoms with Gasteiger partial charge < -0.3 is 4.98 Å². The summed E-state index contributed by atoms with van der Waals surface area (Å²) >= 11 is 0. The monoisotopic (exact) mass is 202 g/mol. The van der Waals surface area contributed by atoms with Crippen LogP contribution in [0, 0.1) is 6.92 Å². The standard InChI is InChI=1S/C11H10N2O2/c1-6-8-5-15-13-11(14)7-3-2-4-9(12-6)10(7)8/h2-4,12H,5H2,1H3,(H,13,14). The SMILES string of the molecule is Cc1[nH]c2cccc3c2c1CONC3=O. The Morgan fingerprint density at radius 1 is 1.40 bits per heavy atom. The van der Waals surface area contributed by atoms with Crippen LogP contribution in [0.25, 0.3) is 10.9 Å². The summed E-state index contributed by atoms with van der Waals surface area (Å²) in [6, 6.07) is 5.64. The highest BCUT2D eigenvalue weighted by molar-refractivity contribution is 6.08. The lowest BCUT2D eigenvalue weighted by Crippen LogP contribution is -2.21. The minimum absolute atomic E-state index is 0.182. The van der Waals surface area contributed by atoms with Crippen molar-refractivity contribution in [2.24, 2.45) is 0 Å². The lowest BCUT2D eigenvalue weighted by molar-refractivity contribution is 0.0253. The zero-order valence-electron chi connectivity index (χ0n) is 8.26. The first-order chi connectivity index (χ1) is 7.27. The third-order valence-electron chi connectivity index (χ3n) is 2.77. The number of aryl methyl sites for hydroxylation is 1. The first-order valence-electron chi connectivity index (χ1n) is 4.79. The van der Waals surface area contributed by atoms with Crippen LogP contribution >= 0.6 is 0 Å². The Morgan fingerprint density at radius 3 is 3.13 bits per heavy atom. The number of aromatic nitrogens is 1. The lowest BCUT2D eigenvalue weighted by Gasteiger charge is -2.00. The predicted molar refractivity (Wildman–Crippen MR) is 55.3 cm³/mol. The van der Waals surface area contributed by atoms with Crippen molar-refractivity contribution in [3.63, 3.8) is 0 Å². The number of benzene rings is 1. The zero-order valence-corrected chi connectivity index (χ0v) is 8.26. The molecule has 3 rings (SSSR count). The number of hydrogen-bond acceptors (Lipinski definition) is 2. The molecule has 0 saturated heterocycles. The summed E-state index contributed by atoms with van der Waals surface area (Å²) in [5, 5.41) is 0.977. The van der Waals surface area contributed by atoms with Crippen LogP contribution in [0.5, 0.6) is 0 Å². The van der Waals surface area contributed by atoms with E-state index in [1.54, 1.807) is 0 Å². The van der Waals surface area contributed by atoms with Crippen LogP contribution in [-0.4, -0.2) is 10.9 Å². The molecular weight excluding hydrogens is 192 g/mol. The molecule has 0 fully saturated rings. The molecule has 0 bridgehead atoms. The molecule has 1 amide bonds. The van der Waals surface area contributed by atoms with Crippen LogP contribution in [0.2, 0.25) is 0 Å². The van der Waals surface area contributed by atoms with Gasteiger partial charge in [-0.15, -0.1) is 0 Å². The number of nitrogens with one attached hydrogen (secondary N) is 2. The molecule has 1 aromatic carbocycles. The lowest BCUT2D eigenvalue weighted by atomic mass is 10.1. The number of rotatable bonds is 0. The molecule has 1 aromatic heterocycles. The molecule has 1 aliphatic rings. The van der Waals surface area contributed by atoms with Gasteiger partial charge in [0, 0.05) is 22.2 Å². The summed E-state index contributed by atoms with van der Waals surface area (Å²) in [7, 11) is 0. The summed E-state index contributed by atoms with van der Waals surface area (Å²) < 4.78 is 0. The number of H-pyrrole nitrogens is 1. The summed E-state index contributed by atoms with van der Waals surface area (Å²) in [6.45, 7) is 2.40. The van der Waals surface area contributed by atoms with Gasteiger partial charge in [0.15, 0.2) is 0 Å². The topological polar surface area (TPSA) is 54.1 Å². The average molecular weight is 202 g/mol. The molecule has 0 aliphatic carbocycles. The van der Waals surface area contributed by atoms with Gasteiger partial charge in [-0.05, 0) is 19.1 Å². The summed E-state index contributed by atoms with van der Waals surface area (Å²) in [5.74, 6) is -0.182. The second-order valence-corrected chi connectivity index (χ2v) is 3.68. The van der Waals surface area contributed by atoms with Crippen LogP contribution in [0.3, 0.4) is 0 Å². The summed E-state index contributed by atoms with van der Waals surface area (Å²) in [4.78, 5) is 20.0. The molecule has 0 spiro atoms. The van der Waals surface area contributed by atoms with E-state index in [2.05, 4.69) is 10.5 Å². The number of carbonyl (C=O) groups excluding carboxylic acids is 1. The maximum Gasteiger partial charge on any atom is 0.275 e. The Bertz CT molecular complexity index is 557. The highest BCUT2D eigenvalue weighted by Crippen LogP contribution is 2.27. The van der Waals surface area contributed by atoms with Crippen LogP contribution in [-0.2, 0) is 11.4 Å². The van der Waals surface area contributed by atoms with Gasteiger partial charge in [0.05, 0.1) is 5.56 Å². The fraction of sp³-hybridized carbons (Fsp3) is 0.182. The van der Waals surface area contributed by atoms with Crippen molar-refractivity contribution in [2.45, 2.75) is 13.5 Å². The smallest absolute Gasteiger partial charge is 0.275 e. The van der Waals surface area contributed by atoms with Crippen LogP contribution in [0.15, 0.2) is 18.2 Å². The molecule has 0 saturated carbocycles. The van der Waals surface area contributed by atoms with E-state index in [1.165, 1.54) is 0 Å². The largest absolute Gasteiger partial charge is 0.358 e. The van der Waals surface area contributed by atoms with E-state index in [1.807, 2.05) is 25.1 Å². The predicted octanol–water partition coefficient (Wildman–Crippen LogP) is 1.65. The Hall–Kier alpha value is -1.81. The van der Waals surface area contributed by atoms with Crippen LogP contribution < -0.4 is 5.48 Å².